The number of carboxylic acids is 1. The molecule has 1 aliphatic rings. The predicted octanol–water partition coefficient (Wildman–Crippen LogP) is 0.378. The van der Waals surface area contributed by atoms with E-state index < -0.39 is 5.97 Å². The van der Waals surface area contributed by atoms with Crippen LogP contribution in [0.3, 0.4) is 0 Å². The summed E-state index contributed by atoms with van der Waals surface area (Å²) in [6, 6.07) is 0. The van der Waals surface area contributed by atoms with Crippen LogP contribution in [-0.4, -0.2) is 50.2 Å². The van der Waals surface area contributed by atoms with Crippen molar-refractivity contribution < 1.29 is 15.0 Å². The maximum atomic E-state index is 11.0. The van der Waals surface area contributed by atoms with Crippen LogP contribution in [0.25, 0.3) is 0 Å². The number of rotatable bonds is 4. The number of aromatic nitrogens is 2. The normalized spacial score (nSPS) is 22.0. The van der Waals surface area contributed by atoms with Crippen molar-refractivity contribution in [2.75, 3.05) is 13.1 Å². The van der Waals surface area contributed by atoms with E-state index in [-0.39, 0.29) is 17.6 Å². The van der Waals surface area contributed by atoms with Crippen LogP contribution in [0.4, 0.5) is 0 Å². The summed E-state index contributed by atoms with van der Waals surface area (Å²) >= 11 is 0. The fraction of sp³-hybridized carbons (Fsp3) is 0.583. The SMILES string of the molecule is CC(O)C1CCN(Cc2ncncc2C(=O)O)C1. The molecule has 0 spiro atoms. The van der Waals surface area contributed by atoms with Crippen molar-refractivity contribution in [3.8, 4) is 0 Å². The number of hydrogen-bond acceptors (Lipinski definition) is 5. The number of carbonyl (C=O) groups is 1. The standard InChI is InChI=1S/C12H17N3O3/c1-8(16)9-2-3-15(5-9)6-11-10(12(17)18)4-13-7-14-11/h4,7-9,16H,2-3,5-6H2,1H3,(H,17,18). The van der Waals surface area contributed by atoms with E-state index in [1.54, 1.807) is 6.92 Å². The monoisotopic (exact) mass is 251 g/mol. The number of likely N-dealkylation sites (tertiary alicyclic amines) is 1. The van der Waals surface area contributed by atoms with Crippen molar-refractivity contribution in [3.63, 3.8) is 0 Å². The van der Waals surface area contributed by atoms with E-state index in [9.17, 15) is 9.90 Å². The van der Waals surface area contributed by atoms with Crippen molar-refractivity contribution >= 4 is 5.97 Å². The number of aromatic carboxylic acids is 1. The van der Waals surface area contributed by atoms with Gasteiger partial charge in [-0.2, -0.15) is 0 Å². The number of nitrogens with zero attached hydrogens (tertiary/aromatic N) is 3. The number of aliphatic hydroxyl groups is 1. The smallest absolute Gasteiger partial charge is 0.339 e. The molecular weight excluding hydrogens is 234 g/mol. The Morgan fingerprint density at radius 2 is 2.44 bits per heavy atom. The molecule has 6 nitrogen and oxygen atoms in total. The second-order valence-corrected chi connectivity index (χ2v) is 4.71. The van der Waals surface area contributed by atoms with Crippen LogP contribution in [0, 0.1) is 5.92 Å². The molecule has 2 N–H and O–H groups in total. The van der Waals surface area contributed by atoms with Gasteiger partial charge in [-0.1, -0.05) is 0 Å². The molecule has 2 unspecified atom stereocenters. The Balaban J connectivity index is 2.05. The third-order valence-electron chi connectivity index (χ3n) is 3.39. The number of hydrogen-bond donors (Lipinski definition) is 2. The highest BCUT2D eigenvalue weighted by Crippen LogP contribution is 2.21. The highest BCUT2D eigenvalue weighted by atomic mass is 16.4. The highest BCUT2D eigenvalue weighted by Gasteiger charge is 2.27. The molecule has 98 valence electrons. The summed E-state index contributed by atoms with van der Waals surface area (Å²) in [5.41, 5.74) is 0.682. The van der Waals surface area contributed by atoms with E-state index in [1.807, 2.05) is 0 Å². The highest BCUT2D eigenvalue weighted by molar-refractivity contribution is 5.88. The van der Waals surface area contributed by atoms with E-state index >= 15 is 0 Å². The van der Waals surface area contributed by atoms with Crippen LogP contribution >= 0.6 is 0 Å². The summed E-state index contributed by atoms with van der Waals surface area (Å²) in [4.78, 5) is 20.9. The number of aliphatic hydroxyl groups excluding tert-OH is 1. The summed E-state index contributed by atoms with van der Waals surface area (Å²) < 4.78 is 0. The van der Waals surface area contributed by atoms with Gasteiger partial charge in [0.15, 0.2) is 0 Å². The summed E-state index contributed by atoms with van der Waals surface area (Å²) in [6.45, 7) is 3.92. The summed E-state index contributed by atoms with van der Waals surface area (Å²) in [6.07, 6.45) is 3.31. The fourth-order valence-electron chi connectivity index (χ4n) is 2.27. The first-order chi connectivity index (χ1) is 8.58. The minimum Gasteiger partial charge on any atom is -0.478 e. The van der Waals surface area contributed by atoms with Gasteiger partial charge < -0.3 is 10.2 Å². The van der Waals surface area contributed by atoms with Crippen molar-refractivity contribution in [2.24, 2.45) is 5.92 Å². The molecule has 2 atom stereocenters. The van der Waals surface area contributed by atoms with Crippen LogP contribution in [-0.2, 0) is 6.54 Å². The molecule has 0 saturated carbocycles. The molecule has 0 aromatic carbocycles. The fourth-order valence-corrected chi connectivity index (χ4v) is 2.27. The van der Waals surface area contributed by atoms with Crippen molar-refractivity contribution in [2.45, 2.75) is 26.0 Å². The van der Waals surface area contributed by atoms with Crippen LogP contribution in [0.2, 0.25) is 0 Å². The zero-order valence-electron chi connectivity index (χ0n) is 10.3. The lowest BCUT2D eigenvalue weighted by molar-refractivity contribution is 0.0693. The van der Waals surface area contributed by atoms with Crippen molar-refractivity contribution in [3.05, 3.63) is 23.8 Å². The molecule has 0 bridgehead atoms. The van der Waals surface area contributed by atoms with Gasteiger partial charge in [0.2, 0.25) is 0 Å². The molecule has 2 rings (SSSR count). The first-order valence-corrected chi connectivity index (χ1v) is 6.00. The van der Waals surface area contributed by atoms with Gasteiger partial charge in [-0.3, -0.25) is 4.90 Å². The van der Waals surface area contributed by atoms with E-state index in [4.69, 9.17) is 5.11 Å². The molecular formula is C12H17N3O3. The topological polar surface area (TPSA) is 86.5 Å². The minimum absolute atomic E-state index is 0.151. The third-order valence-corrected chi connectivity index (χ3v) is 3.39. The molecule has 1 fully saturated rings. The Kier molecular flexibility index (Phi) is 3.88. The second-order valence-electron chi connectivity index (χ2n) is 4.71. The van der Waals surface area contributed by atoms with Gasteiger partial charge in [-0.05, 0) is 25.8 Å². The first kappa shape index (κ1) is 12.9. The average molecular weight is 251 g/mol. The Labute approximate surface area is 105 Å². The lowest BCUT2D eigenvalue weighted by Crippen LogP contribution is -2.25. The molecule has 1 aromatic heterocycles. The molecule has 18 heavy (non-hydrogen) atoms. The largest absolute Gasteiger partial charge is 0.478 e. The Bertz CT molecular complexity index is 436. The van der Waals surface area contributed by atoms with Gasteiger partial charge in [-0.25, -0.2) is 14.8 Å². The zero-order chi connectivity index (χ0) is 13.1. The predicted molar refractivity (Wildman–Crippen MR) is 64.1 cm³/mol. The summed E-state index contributed by atoms with van der Waals surface area (Å²) in [5.74, 6) is -0.739. The molecule has 1 aromatic rings. The van der Waals surface area contributed by atoms with Crippen LogP contribution in [0.15, 0.2) is 12.5 Å². The Hall–Kier alpha value is -1.53. The quantitative estimate of drug-likeness (QED) is 0.804. The van der Waals surface area contributed by atoms with E-state index in [0.29, 0.717) is 12.2 Å². The van der Waals surface area contributed by atoms with Gasteiger partial charge in [0.25, 0.3) is 0 Å². The lowest BCUT2D eigenvalue weighted by atomic mass is 10.0. The maximum absolute atomic E-state index is 11.0. The first-order valence-electron chi connectivity index (χ1n) is 6.00. The molecule has 1 aliphatic heterocycles. The molecule has 1 saturated heterocycles. The van der Waals surface area contributed by atoms with Crippen LogP contribution in [0.1, 0.15) is 29.4 Å². The van der Waals surface area contributed by atoms with Gasteiger partial charge >= 0.3 is 5.97 Å². The van der Waals surface area contributed by atoms with Gasteiger partial charge in [0, 0.05) is 19.3 Å². The van der Waals surface area contributed by atoms with Crippen molar-refractivity contribution in [1.29, 1.82) is 0 Å². The Morgan fingerprint density at radius 1 is 1.67 bits per heavy atom. The van der Waals surface area contributed by atoms with E-state index in [1.165, 1.54) is 12.5 Å². The maximum Gasteiger partial charge on any atom is 0.339 e. The average Bonchev–Trinajstić information content (AvgIpc) is 2.78. The van der Waals surface area contributed by atoms with Gasteiger partial charge in [0.05, 0.1) is 11.8 Å². The van der Waals surface area contributed by atoms with Gasteiger partial charge in [0.1, 0.15) is 11.9 Å². The lowest BCUT2D eigenvalue weighted by Gasteiger charge is -2.17. The minimum atomic E-state index is -1.00. The van der Waals surface area contributed by atoms with Crippen LogP contribution in [0.5, 0.6) is 0 Å². The van der Waals surface area contributed by atoms with Crippen LogP contribution < -0.4 is 0 Å². The molecule has 0 amide bonds. The summed E-state index contributed by atoms with van der Waals surface area (Å²) in [7, 11) is 0. The molecule has 0 aliphatic carbocycles. The third kappa shape index (κ3) is 2.83. The second kappa shape index (κ2) is 5.41. The summed E-state index contributed by atoms with van der Waals surface area (Å²) in [5, 5.41) is 18.6. The van der Waals surface area contributed by atoms with Gasteiger partial charge in [-0.15, -0.1) is 0 Å². The molecule has 2 heterocycles. The number of carboxylic acid groups (broad SMARTS) is 1. The van der Waals surface area contributed by atoms with E-state index in [0.717, 1.165) is 19.5 Å². The Morgan fingerprint density at radius 3 is 3.06 bits per heavy atom. The molecule has 0 radical (unpaired) electrons. The van der Waals surface area contributed by atoms with E-state index in [2.05, 4.69) is 14.9 Å². The van der Waals surface area contributed by atoms with Crippen molar-refractivity contribution in [1.82, 2.24) is 14.9 Å². The zero-order valence-corrected chi connectivity index (χ0v) is 10.3. The molecule has 6 heteroatoms.